The van der Waals surface area contributed by atoms with E-state index in [1.165, 1.54) is 58.8 Å². The second-order valence-electron chi connectivity index (χ2n) is 6.77. The molecule has 0 radical (unpaired) electrons. The van der Waals surface area contributed by atoms with Crippen LogP contribution in [-0.4, -0.2) is 26.4 Å². The molecule has 1 aliphatic carbocycles. The van der Waals surface area contributed by atoms with E-state index in [1.807, 2.05) is 11.3 Å². The molecule has 2 aromatic heterocycles. The Morgan fingerprint density at radius 2 is 2.17 bits per heavy atom. The molecule has 9 heteroatoms. The third-order valence-corrected chi connectivity index (χ3v) is 7.22. The van der Waals surface area contributed by atoms with Gasteiger partial charge in [0.2, 0.25) is 5.91 Å². The van der Waals surface area contributed by atoms with Crippen LogP contribution in [0.15, 0.2) is 28.7 Å². The molecule has 1 amide bonds. The zero-order valence-electron chi connectivity index (χ0n) is 15.9. The first-order valence-corrected chi connectivity index (χ1v) is 11.7. The number of anilines is 1. The van der Waals surface area contributed by atoms with Gasteiger partial charge in [-0.1, -0.05) is 23.4 Å². The molecular formula is C20H20ClFN4OS2. The molecule has 29 heavy (non-hydrogen) atoms. The number of hydrogen-bond acceptors (Lipinski definition) is 5. The predicted octanol–water partition coefficient (Wildman–Crippen LogP) is 5.43. The summed E-state index contributed by atoms with van der Waals surface area (Å²) in [6.45, 7) is 2.78. The van der Waals surface area contributed by atoms with Gasteiger partial charge >= 0.3 is 0 Å². The van der Waals surface area contributed by atoms with Crippen LogP contribution < -0.4 is 5.32 Å². The summed E-state index contributed by atoms with van der Waals surface area (Å²) >= 11 is 8.90. The van der Waals surface area contributed by atoms with Crippen molar-refractivity contribution in [2.45, 2.75) is 44.3 Å². The summed E-state index contributed by atoms with van der Waals surface area (Å²) in [5.74, 6) is 0.325. The SMILES string of the molecule is CCn1c(SCC(=O)Nc2ccc(F)c(Cl)c2)nnc1-c1csc2c1CCCC2. The molecule has 1 aliphatic rings. The highest BCUT2D eigenvalue weighted by Crippen LogP contribution is 2.36. The maximum absolute atomic E-state index is 13.2. The normalized spacial score (nSPS) is 13.3. The van der Waals surface area contributed by atoms with E-state index in [0.29, 0.717) is 10.8 Å². The Morgan fingerprint density at radius 1 is 1.34 bits per heavy atom. The van der Waals surface area contributed by atoms with Gasteiger partial charge in [0, 0.05) is 28.1 Å². The van der Waals surface area contributed by atoms with Gasteiger partial charge in [-0.3, -0.25) is 4.79 Å². The Hall–Kier alpha value is -1.90. The Bertz CT molecular complexity index is 1050. The molecule has 152 valence electrons. The quantitative estimate of drug-likeness (QED) is 0.509. The molecule has 2 heterocycles. The molecule has 0 saturated heterocycles. The first-order chi connectivity index (χ1) is 14.1. The van der Waals surface area contributed by atoms with Gasteiger partial charge in [0.25, 0.3) is 0 Å². The number of carbonyl (C=O) groups excluding carboxylic acids is 1. The van der Waals surface area contributed by atoms with Crippen LogP contribution in [0.3, 0.4) is 0 Å². The van der Waals surface area contributed by atoms with Gasteiger partial charge in [-0.25, -0.2) is 4.39 Å². The van der Waals surface area contributed by atoms with Gasteiger partial charge in [-0.15, -0.1) is 21.5 Å². The van der Waals surface area contributed by atoms with Crippen molar-refractivity contribution in [3.8, 4) is 11.4 Å². The minimum absolute atomic E-state index is 0.0232. The van der Waals surface area contributed by atoms with Gasteiger partial charge in [0.05, 0.1) is 10.8 Å². The molecule has 3 aromatic rings. The van der Waals surface area contributed by atoms with Crippen molar-refractivity contribution < 1.29 is 9.18 Å². The van der Waals surface area contributed by atoms with Crippen LogP contribution in [0.1, 0.15) is 30.2 Å². The van der Waals surface area contributed by atoms with Crippen molar-refractivity contribution in [3.63, 3.8) is 0 Å². The summed E-state index contributed by atoms with van der Waals surface area (Å²) in [6, 6.07) is 4.11. The number of halogens is 2. The third kappa shape index (κ3) is 4.34. The molecule has 0 atom stereocenters. The standard InChI is InChI=1S/C20H20ClFN4OS2/c1-2-26-19(14-10-28-17-6-4-3-5-13(14)17)24-25-20(26)29-11-18(27)23-12-7-8-16(22)15(21)9-12/h7-10H,2-6,11H2,1H3,(H,23,27). The average molecular weight is 451 g/mol. The van der Waals surface area contributed by atoms with E-state index in [0.717, 1.165) is 25.2 Å². The maximum atomic E-state index is 13.2. The lowest BCUT2D eigenvalue weighted by atomic mass is 9.96. The van der Waals surface area contributed by atoms with E-state index < -0.39 is 5.82 Å². The largest absolute Gasteiger partial charge is 0.325 e. The number of aryl methyl sites for hydroxylation is 1. The summed E-state index contributed by atoms with van der Waals surface area (Å²) in [5.41, 5.74) is 3.05. The lowest BCUT2D eigenvalue weighted by Crippen LogP contribution is -2.14. The first kappa shape index (κ1) is 20.4. The van der Waals surface area contributed by atoms with Gasteiger partial charge in [0.15, 0.2) is 11.0 Å². The summed E-state index contributed by atoms with van der Waals surface area (Å²) in [5, 5.41) is 14.4. The van der Waals surface area contributed by atoms with Crippen LogP contribution in [0.25, 0.3) is 11.4 Å². The molecule has 0 bridgehead atoms. The van der Waals surface area contributed by atoms with E-state index in [2.05, 4.69) is 32.4 Å². The van der Waals surface area contributed by atoms with Crippen LogP contribution >= 0.6 is 34.7 Å². The Morgan fingerprint density at radius 3 is 2.97 bits per heavy atom. The van der Waals surface area contributed by atoms with Gasteiger partial charge < -0.3 is 9.88 Å². The highest BCUT2D eigenvalue weighted by molar-refractivity contribution is 7.99. The molecule has 5 nitrogen and oxygen atoms in total. The Labute approximate surface area is 181 Å². The van der Waals surface area contributed by atoms with Gasteiger partial charge in [-0.2, -0.15) is 0 Å². The number of aromatic nitrogens is 3. The van der Waals surface area contributed by atoms with Crippen molar-refractivity contribution in [3.05, 3.63) is 44.9 Å². The van der Waals surface area contributed by atoms with Crippen LogP contribution in [0.4, 0.5) is 10.1 Å². The van der Waals surface area contributed by atoms with Crippen molar-refractivity contribution in [1.82, 2.24) is 14.8 Å². The van der Waals surface area contributed by atoms with E-state index in [9.17, 15) is 9.18 Å². The number of thiophene rings is 1. The molecule has 0 aliphatic heterocycles. The molecule has 0 fully saturated rings. The number of benzene rings is 1. The first-order valence-electron chi connectivity index (χ1n) is 9.47. The number of thioether (sulfide) groups is 1. The zero-order valence-corrected chi connectivity index (χ0v) is 18.3. The van der Waals surface area contributed by atoms with E-state index in [4.69, 9.17) is 11.6 Å². The van der Waals surface area contributed by atoms with Crippen LogP contribution in [0.2, 0.25) is 5.02 Å². The summed E-state index contributed by atoms with van der Waals surface area (Å²) in [7, 11) is 0. The highest BCUT2D eigenvalue weighted by Gasteiger charge is 2.22. The second kappa shape index (κ2) is 8.85. The lowest BCUT2D eigenvalue weighted by Gasteiger charge is -2.13. The molecule has 4 rings (SSSR count). The van der Waals surface area contributed by atoms with Crippen molar-refractivity contribution in [2.75, 3.05) is 11.1 Å². The number of amides is 1. The van der Waals surface area contributed by atoms with Crippen LogP contribution in [0, 0.1) is 5.82 Å². The molecule has 0 spiro atoms. The third-order valence-electron chi connectivity index (χ3n) is 4.87. The minimum atomic E-state index is -0.516. The predicted molar refractivity (Wildman–Crippen MR) is 116 cm³/mol. The minimum Gasteiger partial charge on any atom is -0.325 e. The lowest BCUT2D eigenvalue weighted by molar-refractivity contribution is -0.113. The molecular weight excluding hydrogens is 431 g/mol. The number of fused-ring (bicyclic) bond motifs is 1. The number of carbonyl (C=O) groups is 1. The summed E-state index contributed by atoms with van der Waals surface area (Å²) in [6.07, 6.45) is 4.71. The van der Waals surface area contributed by atoms with Crippen LogP contribution in [0.5, 0.6) is 0 Å². The summed E-state index contributed by atoms with van der Waals surface area (Å²) < 4.78 is 15.3. The number of nitrogens with zero attached hydrogens (tertiary/aromatic N) is 3. The molecule has 0 unspecified atom stereocenters. The van der Waals surface area contributed by atoms with Gasteiger partial charge in [0.1, 0.15) is 5.82 Å². The molecule has 0 saturated carbocycles. The maximum Gasteiger partial charge on any atom is 0.234 e. The average Bonchev–Trinajstić information content (AvgIpc) is 3.32. The Kier molecular flexibility index (Phi) is 6.22. The Balaban J connectivity index is 1.46. The van der Waals surface area contributed by atoms with E-state index in [-0.39, 0.29) is 16.7 Å². The van der Waals surface area contributed by atoms with Crippen molar-refractivity contribution >= 4 is 46.3 Å². The van der Waals surface area contributed by atoms with E-state index >= 15 is 0 Å². The zero-order chi connectivity index (χ0) is 20.4. The van der Waals surface area contributed by atoms with Gasteiger partial charge in [-0.05, 0) is 56.4 Å². The smallest absolute Gasteiger partial charge is 0.234 e. The van der Waals surface area contributed by atoms with Crippen molar-refractivity contribution in [1.29, 1.82) is 0 Å². The fraction of sp³-hybridized carbons (Fsp3) is 0.350. The van der Waals surface area contributed by atoms with E-state index in [1.54, 1.807) is 0 Å². The number of nitrogens with one attached hydrogen (secondary N) is 1. The fourth-order valence-electron chi connectivity index (χ4n) is 3.46. The number of hydrogen-bond donors (Lipinski definition) is 1. The van der Waals surface area contributed by atoms with Crippen LogP contribution in [-0.2, 0) is 24.2 Å². The monoisotopic (exact) mass is 450 g/mol. The van der Waals surface area contributed by atoms with Crippen molar-refractivity contribution in [2.24, 2.45) is 0 Å². The number of rotatable bonds is 6. The highest BCUT2D eigenvalue weighted by atomic mass is 35.5. The topological polar surface area (TPSA) is 59.8 Å². The fourth-order valence-corrected chi connectivity index (χ4v) is 5.57. The molecule has 1 N–H and O–H groups in total. The summed E-state index contributed by atoms with van der Waals surface area (Å²) in [4.78, 5) is 13.7. The second-order valence-corrected chi connectivity index (χ2v) is 9.09. The molecule has 1 aromatic carbocycles.